The predicted octanol–water partition coefficient (Wildman–Crippen LogP) is 2.78. The Balaban J connectivity index is 1.52. The molecule has 0 aromatic rings. The Labute approximate surface area is 194 Å². The van der Waals surface area contributed by atoms with Crippen LogP contribution >= 0.6 is 0 Å². The molecule has 0 heterocycles. The van der Waals surface area contributed by atoms with Crippen molar-refractivity contribution in [2.75, 3.05) is 14.2 Å². The standard InChI is InChI=1S/C26H34O7/c1-12(27)18-14-8-16(19(18)13(2)28)25(10-14)6-5-7-26(24(25)31)11-15-9-17(26)21(23(30)33-4)20(15)22(29)32-3/h14-21H,5-11H2,1-4H3. The van der Waals surface area contributed by atoms with Crippen molar-refractivity contribution < 1.29 is 33.4 Å². The van der Waals surface area contributed by atoms with Gasteiger partial charge >= 0.3 is 11.9 Å². The van der Waals surface area contributed by atoms with Crippen molar-refractivity contribution in [1.82, 2.24) is 0 Å². The fourth-order valence-electron chi connectivity index (χ4n) is 9.71. The number of carbonyl (C=O) groups is 5. The third kappa shape index (κ3) is 2.77. The molecule has 2 spiro atoms. The van der Waals surface area contributed by atoms with Gasteiger partial charge in [-0.1, -0.05) is 6.42 Å². The largest absolute Gasteiger partial charge is 0.469 e. The molecule has 0 amide bonds. The lowest BCUT2D eigenvalue weighted by molar-refractivity contribution is -0.172. The van der Waals surface area contributed by atoms with Crippen LogP contribution in [0.4, 0.5) is 0 Å². The number of Topliss-reactive ketones (excluding diaryl/α,β-unsaturated/α-hetero) is 3. The molecule has 0 aromatic carbocycles. The van der Waals surface area contributed by atoms with Crippen molar-refractivity contribution in [1.29, 1.82) is 0 Å². The molecule has 5 aliphatic rings. The Morgan fingerprint density at radius 3 is 1.67 bits per heavy atom. The van der Waals surface area contributed by atoms with Crippen LogP contribution in [-0.2, 0) is 33.4 Å². The number of esters is 2. The maximum Gasteiger partial charge on any atom is 0.309 e. The molecule has 0 aliphatic heterocycles. The van der Waals surface area contributed by atoms with E-state index in [0.29, 0.717) is 25.7 Å². The van der Waals surface area contributed by atoms with Gasteiger partial charge in [0.05, 0.1) is 26.1 Å². The van der Waals surface area contributed by atoms with Crippen LogP contribution in [0.15, 0.2) is 0 Å². The van der Waals surface area contributed by atoms with Crippen molar-refractivity contribution in [3.05, 3.63) is 0 Å². The Kier molecular flexibility index (Phi) is 5.15. The summed E-state index contributed by atoms with van der Waals surface area (Å²) in [6.45, 7) is 3.13. The SMILES string of the molecule is COC(=O)C1C2CC(C1C(=O)OC)C1(CCCC3(CC4CC3C(C(C)=O)C4C(C)=O)C1=O)C2. The van der Waals surface area contributed by atoms with Crippen molar-refractivity contribution >= 4 is 29.3 Å². The lowest BCUT2D eigenvalue weighted by Crippen LogP contribution is -2.58. The van der Waals surface area contributed by atoms with Gasteiger partial charge in [-0.15, -0.1) is 0 Å². The molecule has 33 heavy (non-hydrogen) atoms. The number of carbonyl (C=O) groups excluding carboxylic acids is 5. The van der Waals surface area contributed by atoms with E-state index in [0.717, 1.165) is 19.3 Å². The van der Waals surface area contributed by atoms with Gasteiger partial charge in [-0.2, -0.15) is 0 Å². The fourth-order valence-corrected chi connectivity index (χ4v) is 9.71. The highest BCUT2D eigenvalue weighted by molar-refractivity contribution is 5.97. The summed E-state index contributed by atoms with van der Waals surface area (Å²) in [6, 6.07) is 0. The van der Waals surface area contributed by atoms with Gasteiger partial charge < -0.3 is 9.47 Å². The van der Waals surface area contributed by atoms with Crippen LogP contribution < -0.4 is 0 Å². The van der Waals surface area contributed by atoms with E-state index < -0.39 is 34.6 Å². The van der Waals surface area contributed by atoms with Crippen LogP contribution in [0.25, 0.3) is 0 Å². The van der Waals surface area contributed by atoms with E-state index in [1.807, 2.05) is 0 Å². The first-order chi connectivity index (χ1) is 15.6. The molecule has 10 unspecified atom stereocenters. The summed E-state index contributed by atoms with van der Waals surface area (Å²) in [4.78, 5) is 65.0. The van der Waals surface area contributed by atoms with E-state index in [-0.39, 0.29) is 52.9 Å². The summed E-state index contributed by atoms with van der Waals surface area (Å²) in [5.41, 5.74) is -1.24. The second-order valence-corrected chi connectivity index (χ2v) is 11.5. The van der Waals surface area contributed by atoms with Crippen LogP contribution in [-0.4, -0.2) is 43.5 Å². The summed E-state index contributed by atoms with van der Waals surface area (Å²) in [7, 11) is 2.66. The van der Waals surface area contributed by atoms with E-state index in [2.05, 4.69) is 0 Å². The maximum absolute atomic E-state index is 14.5. The number of rotatable bonds is 4. The smallest absolute Gasteiger partial charge is 0.309 e. The first kappa shape index (κ1) is 22.7. The fraction of sp³-hybridized carbons (Fsp3) is 0.808. The van der Waals surface area contributed by atoms with Gasteiger partial charge in [0.1, 0.15) is 17.3 Å². The van der Waals surface area contributed by atoms with E-state index in [9.17, 15) is 24.0 Å². The number of fused-ring (bicyclic) bond motifs is 6. The van der Waals surface area contributed by atoms with Crippen molar-refractivity contribution in [3.63, 3.8) is 0 Å². The minimum Gasteiger partial charge on any atom is -0.469 e. The van der Waals surface area contributed by atoms with Gasteiger partial charge in [-0.25, -0.2) is 0 Å². The summed E-state index contributed by atoms with van der Waals surface area (Å²) in [6.07, 6.45) is 5.02. The third-order valence-electron chi connectivity index (χ3n) is 10.5. The first-order valence-electron chi connectivity index (χ1n) is 12.3. The molecule has 7 nitrogen and oxygen atoms in total. The Morgan fingerprint density at radius 1 is 0.727 bits per heavy atom. The van der Waals surface area contributed by atoms with Crippen molar-refractivity contribution in [2.24, 2.45) is 58.2 Å². The summed E-state index contributed by atoms with van der Waals surface area (Å²) in [5, 5.41) is 0. The highest BCUT2D eigenvalue weighted by Crippen LogP contribution is 2.72. The Morgan fingerprint density at radius 2 is 1.18 bits per heavy atom. The van der Waals surface area contributed by atoms with Gasteiger partial charge in [0.2, 0.25) is 0 Å². The van der Waals surface area contributed by atoms with E-state index in [1.54, 1.807) is 13.8 Å². The van der Waals surface area contributed by atoms with Gasteiger partial charge in [-0.3, -0.25) is 24.0 Å². The van der Waals surface area contributed by atoms with Gasteiger partial charge in [-0.05, 0) is 76.0 Å². The molecule has 10 atom stereocenters. The molecule has 0 radical (unpaired) electrons. The molecular weight excluding hydrogens is 424 g/mol. The third-order valence-corrected chi connectivity index (χ3v) is 10.5. The van der Waals surface area contributed by atoms with Gasteiger partial charge in [0.25, 0.3) is 0 Å². The molecule has 0 N–H and O–H groups in total. The monoisotopic (exact) mass is 458 g/mol. The molecule has 0 saturated heterocycles. The quantitative estimate of drug-likeness (QED) is 0.597. The van der Waals surface area contributed by atoms with E-state index in [4.69, 9.17) is 9.47 Å². The zero-order valence-electron chi connectivity index (χ0n) is 19.9. The zero-order valence-corrected chi connectivity index (χ0v) is 19.9. The average Bonchev–Trinajstić information content (AvgIpc) is 3.52. The number of ketones is 3. The number of ether oxygens (including phenoxy) is 2. The van der Waals surface area contributed by atoms with Crippen molar-refractivity contribution in [2.45, 2.75) is 58.8 Å². The molecule has 4 bridgehead atoms. The molecule has 5 fully saturated rings. The predicted molar refractivity (Wildman–Crippen MR) is 116 cm³/mol. The Hall–Kier alpha value is -2.05. The molecule has 5 rings (SSSR count). The summed E-state index contributed by atoms with van der Waals surface area (Å²) >= 11 is 0. The van der Waals surface area contributed by atoms with E-state index in [1.165, 1.54) is 14.2 Å². The summed E-state index contributed by atoms with van der Waals surface area (Å²) < 4.78 is 10.1. The molecule has 5 saturated carbocycles. The molecule has 5 aliphatic carbocycles. The minimum absolute atomic E-state index is 0.0142. The highest BCUT2D eigenvalue weighted by atomic mass is 16.5. The number of hydrogen-bond acceptors (Lipinski definition) is 7. The normalized spacial score (nSPS) is 47.3. The minimum atomic E-state index is -0.660. The topological polar surface area (TPSA) is 104 Å². The van der Waals surface area contributed by atoms with Crippen LogP contribution in [0.3, 0.4) is 0 Å². The van der Waals surface area contributed by atoms with Gasteiger partial charge in [0, 0.05) is 22.7 Å². The van der Waals surface area contributed by atoms with Crippen LogP contribution in [0, 0.1) is 58.2 Å². The van der Waals surface area contributed by atoms with Crippen LogP contribution in [0.5, 0.6) is 0 Å². The summed E-state index contributed by atoms with van der Waals surface area (Å²) in [5.74, 6) is -2.74. The first-order valence-corrected chi connectivity index (χ1v) is 12.3. The number of methoxy groups -OCH3 is 2. The lowest BCUT2D eigenvalue weighted by atomic mass is 9.48. The van der Waals surface area contributed by atoms with Crippen molar-refractivity contribution in [3.8, 4) is 0 Å². The molecule has 180 valence electrons. The second-order valence-electron chi connectivity index (χ2n) is 11.5. The Bertz CT molecular complexity index is 939. The molecule has 7 heteroatoms. The highest BCUT2D eigenvalue weighted by Gasteiger charge is 2.74. The zero-order chi connectivity index (χ0) is 23.9. The maximum atomic E-state index is 14.5. The van der Waals surface area contributed by atoms with Crippen LogP contribution in [0.1, 0.15) is 58.8 Å². The lowest BCUT2D eigenvalue weighted by Gasteiger charge is -2.53. The van der Waals surface area contributed by atoms with Crippen LogP contribution in [0.2, 0.25) is 0 Å². The molecule has 0 aromatic heterocycles. The van der Waals surface area contributed by atoms with E-state index >= 15 is 0 Å². The molecular formula is C26H34O7. The van der Waals surface area contributed by atoms with Gasteiger partial charge in [0.15, 0.2) is 0 Å². The second kappa shape index (κ2) is 7.47. The average molecular weight is 459 g/mol. The number of hydrogen-bond donors (Lipinski definition) is 0.